The van der Waals surface area contributed by atoms with Crippen LogP contribution in [0.3, 0.4) is 0 Å². The summed E-state index contributed by atoms with van der Waals surface area (Å²) in [6, 6.07) is 0.789. The summed E-state index contributed by atoms with van der Waals surface area (Å²) in [6.07, 6.45) is 3.57. The van der Waals surface area contributed by atoms with Gasteiger partial charge in [0.15, 0.2) is 0 Å². The van der Waals surface area contributed by atoms with Crippen LogP contribution in [0.4, 0.5) is 4.79 Å². The van der Waals surface area contributed by atoms with Crippen LogP contribution in [0, 0.1) is 0 Å². The van der Waals surface area contributed by atoms with Crippen molar-refractivity contribution in [1.82, 2.24) is 15.1 Å². The van der Waals surface area contributed by atoms with Crippen molar-refractivity contribution in [2.45, 2.75) is 70.7 Å². The number of fused-ring (bicyclic) bond motifs is 1. The molecule has 23 heavy (non-hydrogen) atoms. The number of carbonyl (C=O) groups excluding carboxylic acids is 1. The van der Waals surface area contributed by atoms with E-state index in [0.29, 0.717) is 12.6 Å². The van der Waals surface area contributed by atoms with Crippen molar-refractivity contribution >= 4 is 6.09 Å². The van der Waals surface area contributed by atoms with Gasteiger partial charge in [-0.2, -0.15) is 0 Å². The van der Waals surface area contributed by atoms with E-state index in [9.17, 15) is 4.79 Å². The van der Waals surface area contributed by atoms with Gasteiger partial charge in [-0.15, -0.1) is 0 Å². The molecular weight excluding hydrogens is 292 g/mol. The lowest BCUT2D eigenvalue weighted by Gasteiger charge is -2.47. The lowest BCUT2D eigenvalue weighted by molar-refractivity contribution is 0.0170. The van der Waals surface area contributed by atoms with Crippen LogP contribution in [0.5, 0.6) is 0 Å². The summed E-state index contributed by atoms with van der Waals surface area (Å²) in [5, 5.41) is 2.96. The standard InChI is InChI=1S/C17H34N4O2/c1-13(19-16(22)23-17(2,3)4)15(11-18)21-10-9-20-8-6-5-7-14(20)12-21/h13-15H,5-12,18H2,1-4H3,(H,19,22). The maximum absolute atomic E-state index is 12.0. The average Bonchev–Trinajstić information content (AvgIpc) is 2.45. The van der Waals surface area contributed by atoms with Crippen LogP contribution in [-0.2, 0) is 4.74 Å². The number of piperazine rings is 1. The van der Waals surface area contributed by atoms with Crippen molar-refractivity contribution in [2.24, 2.45) is 5.73 Å². The zero-order valence-electron chi connectivity index (χ0n) is 15.2. The molecule has 2 fully saturated rings. The number of piperidine rings is 1. The van der Waals surface area contributed by atoms with Gasteiger partial charge in [0.2, 0.25) is 0 Å². The first-order valence-corrected chi connectivity index (χ1v) is 8.98. The third-order valence-corrected chi connectivity index (χ3v) is 4.90. The highest BCUT2D eigenvalue weighted by Gasteiger charge is 2.34. The Labute approximate surface area is 140 Å². The number of nitrogens with zero attached hydrogens (tertiary/aromatic N) is 2. The van der Waals surface area contributed by atoms with Crippen LogP contribution in [0.25, 0.3) is 0 Å². The lowest BCUT2D eigenvalue weighted by atomic mass is 9.97. The molecule has 2 aliphatic heterocycles. The average molecular weight is 326 g/mol. The predicted octanol–water partition coefficient (Wildman–Crippen LogP) is 1.40. The highest BCUT2D eigenvalue weighted by Crippen LogP contribution is 2.22. The third-order valence-electron chi connectivity index (χ3n) is 4.90. The molecule has 0 aromatic carbocycles. The summed E-state index contributed by atoms with van der Waals surface area (Å²) in [7, 11) is 0. The summed E-state index contributed by atoms with van der Waals surface area (Å²) < 4.78 is 5.36. The van der Waals surface area contributed by atoms with Gasteiger partial charge in [-0.1, -0.05) is 6.42 Å². The molecule has 0 spiro atoms. The smallest absolute Gasteiger partial charge is 0.407 e. The first-order valence-electron chi connectivity index (χ1n) is 8.98. The highest BCUT2D eigenvalue weighted by atomic mass is 16.6. The Morgan fingerprint density at radius 3 is 2.70 bits per heavy atom. The van der Waals surface area contributed by atoms with Gasteiger partial charge in [-0.25, -0.2) is 4.79 Å². The second-order valence-electron chi connectivity index (χ2n) is 7.92. The fourth-order valence-corrected chi connectivity index (χ4v) is 3.74. The number of carbonyl (C=O) groups is 1. The van der Waals surface area contributed by atoms with Gasteiger partial charge in [0.05, 0.1) is 0 Å². The number of ether oxygens (including phenoxy) is 1. The van der Waals surface area contributed by atoms with Gasteiger partial charge < -0.3 is 15.8 Å². The number of nitrogens with one attached hydrogen (secondary N) is 1. The van der Waals surface area contributed by atoms with Crippen molar-refractivity contribution in [2.75, 3.05) is 32.7 Å². The van der Waals surface area contributed by atoms with E-state index in [2.05, 4.69) is 15.1 Å². The molecule has 2 rings (SSSR count). The molecule has 2 heterocycles. The molecule has 134 valence electrons. The van der Waals surface area contributed by atoms with E-state index >= 15 is 0 Å². The number of alkyl carbamates (subject to hydrolysis) is 1. The van der Waals surface area contributed by atoms with Gasteiger partial charge in [0.1, 0.15) is 5.60 Å². The van der Waals surface area contributed by atoms with Gasteiger partial charge in [0, 0.05) is 44.3 Å². The summed E-state index contributed by atoms with van der Waals surface area (Å²) in [4.78, 5) is 17.1. The Kier molecular flexibility index (Phi) is 6.28. The maximum Gasteiger partial charge on any atom is 0.407 e. The molecule has 0 aliphatic carbocycles. The molecule has 0 saturated carbocycles. The van der Waals surface area contributed by atoms with Crippen LogP contribution in [0.2, 0.25) is 0 Å². The van der Waals surface area contributed by atoms with Gasteiger partial charge >= 0.3 is 6.09 Å². The quantitative estimate of drug-likeness (QED) is 0.817. The van der Waals surface area contributed by atoms with E-state index < -0.39 is 5.60 Å². The summed E-state index contributed by atoms with van der Waals surface area (Å²) in [5.41, 5.74) is 5.55. The molecule has 6 nitrogen and oxygen atoms in total. The van der Waals surface area contributed by atoms with Gasteiger partial charge in [-0.3, -0.25) is 9.80 Å². The minimum absolute atomic E-state index is 0.0232. The third kappa shape index (κ3) is 5.33. The molecule has 6 heteroatoms. The fraction of sp³-hybridized carbons (Fsp3) is 0.941. The highest BCUT2D eigenvalue weighted by molar-refractivity contribution is 5.68. The number of rotatable bonds is 4. The number of nitrogens with two attached hydrogens (primary N) is 1. The van der Waals surface area contributed by atoms with Crippen LogP contribution in [0.1, 0.15) is 47.0 Å². The predicted molar refractivity (Wildman–Crippen MR) is 92.5 cm³/mol. The molecule has 0 aromatic heterocycles. The Morgan fingerprint density at radius 2 is 2.04 bits per heavy atom. The van der Waals surface area contributed by atoms with Gasteiger partial charge in [0.25, 0.3) is 0 Å². The molecule has 2 aliphatic rings. The molecule has 3 unspecified atom stereocenters. The van der Waals surface area contributed by atoms with E-state index in [1.54, 1.807) is 0 Å². The van der Waals surface area contributed by atoms with Crippen LogP contribution in [-0.4, -0.2) is 72.3 Å². The largest absolute Gasteiger partial charge is 0.444 e. The normalized spacial score (nSPS) is 26.2. The van der Waals surface area contributed by atoms with Crippen molar-refractivity contribution < 1.29 is 9.53 Å². The zero-order chi connectivity index (χ0) is 17.0. The summed E-state index contributed by atoms with van der Waals surface area (Å²) in [6.45, 7) is 12.6. The molecule has 3 atom stereocenters. The van der Waals surface area contributed by atoms with Crippen molar-refractivity contribution in [3.05, 3.63) is 0 Å². The molecule has 1 amide bonds. The minimum atomic E-state index is -0.476. The number of hydrogen-bond acceptors (Lipinski definition) is 5. The Balaban J connectivity index is 1.89. The summed E-state index contributed by atoms with van der Waals surface area (Å²) in [5.74, 6) is 0. The van der Waals surface area contributed by atoms with E-state index in [4.69, 9.17) is 10.5 Å². The maximum atomic E-state index is 12.0. The SMILES string of the molecule is CC(NC(=O)OC(C)(C)C)C(CN)N1CCN2CCCCC2C1. The first-order chi connectivity index (χ1) is 10.8. The molecule has 2 saturated heterocycles. The van der Waals surface area contributed by atoms with Crippen LogP contribution < -0.4 is 11.1 Å². The second kappa shape index (κ2) is 7.81. The minimum Gasteiger partial charge on any atom is -0.444 e. The molecule has 3 N–H and O–H groups in total. The Bertz CT molecular complexity index is 397. The molecule has 0 bridgehead atoms. The van der Waals surface area contributed by atoms with Crippen LogP contribution in [0.15, 0.2) is 0 Å². The van der Waals surface area contributed by atoms with Crippen LogP contribution >= 0.6 is 0 Å². The molecule has 0 aromatic rings. The van der Waals surface area contributed by atoms with E-state index in [0.717, 1.165) is 19.6 Å². The van der Waals surface area contributed by atoms with E-state index in [1.165, 1.54) is 25.8 Å². The second-order valence-corrected chi connectivity index (χ2v) is 7.92. The van der Waals surface area contributed by atoms with E-state index in [-0.39, 0.29) is 18.2 Å². The topological polar surface area (TPSA) is 70.8 Å². The Hall–Kier alpha value is -0.850. The van der Waals surface area contributed by atoms with Crippen molar-refractivity contribution in [1.29, 1.82) is 0 Å². The fourth-order valence-electron chi connectivity index (χ4n) is 3.74. The lowest BCUT2D eigenvalue weighted by Crippen LogP contribution is -2.62. The van der Waals surface area contributed by atoms with E-state index in [1.807, 2.05) is 27.7 Å². The molecular formula is C17H34N4O2. The Morgan fingerprint density at radius 1 is 1.30 bits per heavy atom. The monoisotopic (exact) mass is 326 g/mol. The summed E-state index contributed by atoms with van der Waals surface area (Å²) >= 11 is 0. The first kappa shape index (κ1) is 18.5. The molecule has 0 radical (unpaired) electrons. The van der Waals surface area contributed by atoms with Crippen molar-refractivity contribution in [3.63, 3.8) is 0 Å². The van der Waals surface area contributed by atoms with Crippen molar-refractivity contribution in [3.8, 4) is 0 Å². The number of hydrogen-bond donors (Lipinski definition) is 2. The number of amides is 1. The zero-order valence-corrected chi connectivity index (χ0v) is 15.2. The van der Waals surface area contributed by atoms with Gasteiger partial charge in [-0.05, 0) is 47.1 Å².